The number of carbonyl (C=O) groups is 4. The highest BCUT2D eigenvalue weighted by Gasteiger charge is 2.32. The van der Waals surface area contributed by atoms with Crippen molar-refractivity contribution in [1.29, 1.82) is 0 Å². The number of ether oxygens (including phenoxy) is 10. The normalized spacial score (nSPS) is 13.2. The van der Waals surface area contributed by atoms with Gasteiger partial charge in [-0.2, -0.15) is 12.6 Å². The summed E-state index contributed by atoms with van der Waals surface area (Å²) in [6.45, 7) is 9.41. The smallest absolute Gasteiger partial charge is 0.324 e. The molecule has 0 aliphatic carbocycles. The van der Waals surface area contributed by atoms with Crippen molar-refractivity contribution in [2.24, 2.45) is 4.99 Å². The standard InChI is InChI=1S/C15H18N2O6S3.C10H17NO4S2.C8H15NO3S.C5H3NO3S.C3H6O2S/c1-21-6-7-23-9-8-22-5-4-16-14(18)12(26-15(16)24)10-11-2-3-13(25-11)17(19)20;1-13-4-5-15-7-6-14-3-2-11-9(12)8-17-10(11)16;1-10-4-5-12-7-6-11-3-2-9-8-13;7-3-4-1-2-5(10-4)6(8)9;1-5-3(4)2-6/h2-3,10H,4-9H2,1H3;2-8H2,1H3;2-7H2,1H3;1-3H;6H,2H2,1H3/b12-10-;;;;. The number of amides is 2. The van der Waals surface area contributed by atoms with Crippen LogP contribution in [0.15, 0.2) is 34.2 Å². The Morgan fingerprint density at radius 2 is 1.15 bits per heavy atom. The maximum Gasteiger partial charge on any atom is 0.324 e. The first-order valence-corrected chi connectivity index (χ1v) is 26.3. The van der Waals surface area contributed by atoms with Crippen molar-refractivity contribution < 1.29 is 76.4 Å². The van der Waals surface area contributed by atoms with Gasteiger partial charge >= 0.3 is 16.0 Å². The lowest BCUT2D eigenvalue weighted by molar-refractivity contribution is -0.380. The molecule has 2 fully saturated rings. The number of thiol groups is 1. The second kappa shape index (κ2) is 46.2. The van der Waals surface area contributed by atoms with Gasteiger partial charge in [-0.05, 0) is 30.4 Å². The number of nitrogens with zero attached hydrogens (tertiary/aromatic N) is 5. The molecule has 2 saturated heterocycles. The molecule has 0 saturated carbocycles. The summed E-state index contributed by atoms with van der Waals surface area (Å²) in [5.74, 6) is 0.185. The maximum atomic E-state index is 12.4. The lowest BCUT2D eigenvalue weighted by atomic mass is 10.3. The minimum Gasteiger partial charge on any atom is -0.468 e. The molecule has 0 bridgehead atoms. The predicted molar refractivity (Wildman–Crippen MR) is 290 cm³/mol. The minimum absolute atomic E-state index is 0.00194. The molecule has 2 aliphatic rings. The van der Waals surface area contributed by atoms with E-state index in [0.29, 0.717) is 154 Å². The predicted octanol–water partition coefficient (Wildman–Crippen LogP) is 5.39. The van der Waals surface area contributed by atoms with Crippen molar-refractivity contribution in [3.8, 4) is 0 Å². The summed E-state index contributed by atoms with van der Waals surface area (Å²) in [5.41, 5.74) is 0. The number of hydrogen-bond acceptors (Lipinski definition) is 27. The molecule has 2 aromatic rings. The first-order chi connectivity index (χ1) is 34.7. The van der Waals surface area contributed by atoms with Crippen molar-refractivity contribution in [3.63, 3.8) is 0 Å². The van der Waals surface area contributed by atoms with Crippen LogP contribution in [0.2, 0.25) is 0 Å². The van der Waals surface area contributed by atoms with Crippen LogP contribution in [-0.4, -0.2) is 216 Å². The van der Waals surface area contributed by atoms with Crippen LogP contribution >= 0.6 is 95.5 Å². The van der Waals surface area contributed by atoms with E-state index in [1.807, 2.05) is 0 Å². The van der Waals surface area contributed by atoms with Crippen LogP contribution in [0.4, 0.5) is 10.0 Å². The van der Waals surface area contributed by atoms with E-state index in [-0.39, 0.29) is 33.5 Å². The molecule has 0 aromatic carbocycles. The van der Waals surface area contributed by atoms with Crippen molar-refractivity contribution in [2.75, 3.05) is 159 Å². The fraction of sp³-hybridized carbons (Fsp3) is 0.585. The van der Waals surface area contributed by atoms with Crippen molar-refractivity contribution >= 4 is 149 Å². The zero-order chi connectivity index (χ0) is 53.8. The van der Waals surface area contributed by atoms with Gasteiger partial charge in [-0.15, -0.1) is 0 Å². The lowest BCUT2D eigenvalue weighted by Gasteiger charge is -2.14. The van der Waals surface area contributed by atoms with Gasteiger partial charge in [0.25, 0.3) is 5.91 Å². The van der Waals surface area contributed by atoms with Crippen LogP contribution in [0.25, 0.3) is 6.08 Å². The maximum absolute atomic E-state index is 12.4. The van der Waals surface area contributed by atoms with Gasteiger partial charge in [0.2, 0.25) is 5.91 Å². The van der Waals surface area contributed by atoms with E-state index in [9.17, 15) is 39.4 Å². The highest BCUT2D eigenvalue weighted by molar-refractivity contribution is 8.26. The van der Waals surface area contributed by atoms with Gasteiger partial charge in [0.1, 0.15) is 8.64 Å². The molecule has 0 radical (unpaired) electrons. The molecular formula is C41H59N5O18S8. The molecule has 0 N–H and O–H groups in total. The number of isothiocyanates is 1. The summed E-state index contributed by atoms with van der Waals surface area (Å²) in [6.07, 6.45) is 2.22. The Labute approximate surface area is 455 Å². The van der Waals surface area contributed by atoms with Crippen molar-refractivity contribution in [2.45, 2.75) is 0 Å². The number of hydrogen-bond donors (Lipinski definition) is 1. The van der Waals surface area contributed by atoms with E-state index in [1.165, 1.54) is 53.7 Å². The summed E-state index contributed by atoms with van der Waals surface area (Å²) in [6, 6.07) is 5.77. The number of rotatable bonds is 32. The van der Waals surface area contributed by atoms with Crippen LogP contribution in [-0.2, 0) is 61.8 Å². The molecule has 2 amide bonds. The third-order valence-electron chi connectivity index (χ3n) is 7.79. The number of thiocarbonyl (C=S) groups is 3. The second-order valence-electron chi connectivity index (χ2n) is 12.8. The zero-order valence-electron chi connectivity index (χ0n) is 40.0. The Kier molecular flexibility index (Phi) is 44.1. The lowest BCUT2D eigenvalue weighted by Crippen LogP contribution is -2.32. The summed E-state index contributed by atoms with van der Waals surface area (Å²) < 4.78 is 51.4. The Bertz CT molecular complexity index is 1970. The third kappa shape index (κ3) is 34.2. The van der Waals surface area contributed by atoms with Gasteiger partial charge in [0, 0.05) is 38.3 Å². The van der Waals surface area contributed by atoms with E-state index in [0.717, 1.165) is 22.7 Å². The molecular weight excluding hydrogens is 1110 g/mol. The van der Waals surface area contributed by atoms with Crippen LogP contribution in [0.3, 0.4) is 0 Å². The van der Waals surface area contributed by atoms with Crippen LogP contribution in [0, 0.1) is 20.2 Å². The quantitative estimate of drug-likeness (QED) is 0.0111. The van der Waals surface area contributed by atoms with E-state index in [2.05, 4.69) is 39.7 Å². The molecule has 4 rings (SSSR count). The Balaban J connectivity index is 0.000000949. The average Bonchev–Trinajstić information content (AvgIpc) is 4.19. The first-order valence-electron chi connectivity index (χ1n) is 21.1. The zero-order valence-corrected chi connectivity index (χ0v) is 46.6. The first kappa shape index (κ1) is 68.7. The number of aliphatic imine (C=N–C) groups is 1. The fourth-order valence-electron chi connectivity index (χ4n) is 4.37. The molecule has 4 heterocycles. The number of carbonyl (C=O) groups excluding carboxylic acids is 4. The summed E-state index contributed by atoms with van der Waals surface area (Å²) in [4.78, 5) is 71.7. The van der Waals surface area contributed by atoms with Gasteiger partial charge in [-0.1, -0.05) is 70.6 Å². The number of nitro groups is 2. The SMILES string of the molecule is COC(=O)CS.COCCOCCOCCN1C(=O)/C(=C/c2ccc([N+](=O)[O-])s2)SC1=S.COCCOCCOCCN1C(=O)CSC1=S.COCCOCCOCCN=C=S.O=Cc1ccc([N+](=O)[O-])s1. The number of thioether (sulfide) groups is 2. The monoisotopic (exact) mass is 1170 g/mol. The van der Waals surface area contributed by atoms with Gasteiger partial charge in [-0.25, -0.2) is 4.99 Å². The van der Waals surface area contributed by atoms with Crippen molar-refractivity contribution in [3.05, 3.63) is 59.2 Å². The van der Waals surface area contributed by atoms with Gasteiger partial charge in [-0.3, -0.25) is 49.2 Å². The highest BCUT2D eigenvalue weighted by atomic mass is 32.2. The van der Waals surface area contributed by atoms with E-state index >= 15 is 0 Å². The fourth-order valence-corrected chi connectivity index (χ4v) is 8.48. The van der Waals surface area contributed by atoms with E-state index in [4.69, 9.17) is 67.1 Å². The Morgan fingerprint density at radius 3 is 1.53 bits per heavy atom. The van der Waals surface area contributed by atoms with Gasteiger partial charge in [0.05, 0.1) is 162 Å². The summed E-state index contributed by atoms with van der Waals surface area (Å²) in [5, 5.41) is 23.1. The number of thiophene rings is 2. The summed E-state index contributed by atoms with van der Waals surface area (Å²) in [7, 11) is 6.21. The minimum atomic E-state index is -0.516. The van der Waals surface area contributed by atoms with Crippen LogP contribution in [0.5, 0.6) is 0 Å². The van der Waals surface area contributed by atoms with E-state index in [1.54, 1.807) is 38.4 Å². The highest BCUT2D eigenvalue weighted by Crippen LogP contribution is 2.35. The third-order valence-corrected chi connectivity index (χ3v) is 12.9. The molecule has 72 heavy (non-hydrogen) atoms. The van der Waals surface area contributed by atoms with Crippen LogP contribution in [0.1, 0.15) is 14.5 Å². The molecule has 23 nitrogen and oxygen atoms in total. The molecule has 2 aliphatic heterocycles. The topological polar surface area (TPSA) is 266 Å². The number of aldehydes is 1. The molecule has 2 aromatic heterocycles. The molecule has 31 heteroatoms. The number of methoxy groups -OCH3 is 4. The average molecular weight is 1170 g/mol. The van der Waals surface area contributed by atoms with Gasteiger partial charge < -0.3 is 47.4 Å². The molecule has 0 unspecified atom stereocenters. The largest absolute Gasteiger partial charge is 0.468 e. The Hall–Kier alpha value is -3.31. The Morgan fingerprint density at radius 1 is 0.708 bits per heavy atom. The van der Waals surface area contributed by atoms with E-state index < -0.39 is 9.85 Å². The van der Waals surface area contributed by atoms with Gasteiger partial charge in [0.15, 0.2) is 6.29 Å². The summed E-state index contributed by atoms with van der Waals surface area (Å²) >= 11 is 22.8. The molecule has 0 spiro atoms. The molecule has 0 atom stereocenters. The van der Waals surface area contributed by atoms with Crippen LogP contribution < -0.4 is 0 Å². The number of esters is 1. The molecule has 404 valence electrons. The van der Waals surface area contributed by atoms with Crippen molar-refractivity contribution in [1.82, 2.24) is 9.80 Å². The second-order valence-corrected chi connectivity index (χ2v) is 18.7.